The SMILES string of the molecule is C=CC(=O)N1CCC(Oc2cc3c(NCc4ccc(C)cc4Cl)ncnc3cc2OC)CC1. The first-order valence-electron chi connectivity index (χ1n) is 10.9. The van der Waals surface area contributed by atoms with Crippen molar-refractivity contribution in [2.45, 2.75) is 32.4 Å². The van der Waals surface area contributed by atoms with Gasteiger partial charge in [-0.25, -0.2) is 9.97 Å². The average molecular weight is 467 g/mol. The molecule has 2 heterocycles. The van der Waals surface area contributed by atoms with Crippen LogP contribution in [0.25, 0.3) is 10.9 Å². The number of carbonyl (C=O) groups is 1. The number of benzene rings is 2. The summed E-state index contributed by atoms with van der Waals surface area (Å²) in [6.45, 7) is 7.38. The fraction of sp³-hybridized carbons (Fsp3) is 0.320. The molecule has 1 aliphatic heterocycles. The van der Waals surface area contributed by atoms with Crippen LogP contribution in [0.15, 0.2) is 49.3 Å². The second kappa shape index (κ2) is 10.1. The van der Waals surface area contributed by atoms with Crippen molar-refractivity contribution in [3.8, 4) is 11.5 Å². The molecule has 1 amide bonds. The predicted octanol–water partition coefficient (Wildman–Crippen LogP) is 4.77. The summed E-state index contributed by atoms with van der Waals surface area (Å²) >= 11 is 6.39. The molecule has 1 aromatic heterocycles. The van der Waals surface area contributed by atoms with Gasteiger partial charge in [-0.2, -0.15) is 0 Å². The van der Waals surface area contributed by atoms with E-state index in [1.807, 2.05) is 37.3 Å². The summed E-state index contributed by atoms with van der Waals surface area (Å²) in [5.74, 6) is 1.89. The molecule has 0 aliphatic carbocycles. The predicted molar refractivity (Wildman–Crippen MR) is 130 cm³/mol. The van der Waals surface area contributed by atoms with Crippen LogP contribution in [0.3, 0.4) is 0 Å². The lowest BCUT2D eigenvalue weighted by molar-refractivity contribution is -0.127. The number of nitrogens with zero attached hydrogens (tertiary/aromatic N) is 3. The fourth-order valence-corrected chi connectivity index (χ4v) is 4.24. The summed E-state index contributed by atoms with van der Waals surface area (Å²) in [5.41, 5.74) is 2.85. The molecule has 0 atom stereocenters. The zero-order valence-corrected chi connectivity index (χ0v) is 19.6. The third-order valence-electron chi connectivity index (χ3n) is 5.80. The van der Waals surface area contributed by atoms with Gasteiger partial charge in [-0.15, -0.1) is 0 Å². The van der Waals surface area contributed by atoms with Gasteiger partial charge in [-0.3, -0.25) is 4.79 Å². The maximum atomic E-state index is 11.8. The van der Waals surface area contributed by atoms with Crippen LogP contribution in [-0.2, 0) is 11.3 Å². The molecule has 0 spiro atoms. The van der Waals surface area contributed by atoms with Gasteiger partial charge in [-0.05, 0) is 36.3 Å². The van der Waals surface area contributed by atoms with Gasteiger partial charge in [0.05, 0.1) is 12.6 Å². The Morgan fingerprint density at radius 1 is 1.24 bits per heavy atom. The van der Waals surface area contributed by atoms with Crippen molar-refractivity contribution in [3.05, 3.63) is 65.5 Å². The first kappa shape index (κ1) is 22.9. The number of piperidine rings is 1. The van der Waals surface area contributed by atoms with Crippen molar-refractivity contribution in [2.75, 3.05) is 25.5 Å². The van der Waals surface area contributed by atoms with Crippen LogP contribution in [-0.4, -0.2) is 47.1 Å². The van der Waals surface area contributed by atoms with Crippen molar-refractivity contribution < 1.29 is 14.3 Å². The lowest BCUT2D eigenvalue weighted by atomic mass is 10.1. The molecule has 1 N–H and O–H groups in total. The normalized spacial score (nSPS) is 14.2. The highest BCUT2D eigenvalue weighted by molar-refractivity contribution is 6.31. The smallest absolute Gasteiger partial charge is 0.245 e. The molecule has 3 aromatic rings. The first-order chi connectivity index (χ1) is 16.0. The monoisotopic (exact) mass is 466 g/mol. The molecule has 0 unspecified atom stereocenters. The van der Waals surface area contributed by atoms with Crippen LogP contribution >= 0.6 is 11.6 Å². The van der Waals surface area contributed by atoms with Crippen LogP contribution < -0.4 is 14.8 Å². The van der Waals surface area contributed by atoms with E-state index in [-0.39, 0.29) is 12.0 Å². The molecule has 7 nitrogen and oxygen atoms in total. The molecule has 4 rings (SSSR count). The number of rotatable bonds is 7. The van der Waals surface area contributed by atoms with E-state index in [0.29, 0.717) is 42.0 Å². The van der Waals surface area contributed by atoms with E-state index in [1.165, 1.54) is 12.4 Å². The van der Waals surface area contributed by atoms with Crippen LogP contribution in [0, 0.1) is 6.92 Å². The van der Waals surface area contributed by atoms with Crippen LogP contribution in [0.4, 0.5) is 5.82 Å². The Kier molecular flexibility index (Phi) is 6.99. The minimum atomic E-state index is -0.0433. The van der Waals surface area contributed by atoms with Crippen LogP contribution in [0.2, 0.25) is 5.02 Å². The Bertz CT molecular complexity index is 1180. The number of fused-ring (bicyclic) bond motifs is 1. The Hall–Kier alpha value is -3.32. The second-order valence-electron chi connectivity index (χ2n) is 8.04. The summed E-state index contributed by atoms with van der Waals surface area (Å²) in [6, 6.07) is 9.75. The minimum absolute atomic E-state index is 0.0161. The number of halogens is 1. The zero-order valence-electron chi connectivity index (χ0n) is 18.8. The van der Waals surface area contributed by atoms with Crippen molar-refractivity contribution in [1.29, 1.82) is 0 Å². The Morgan fingerprint density at radius 3 is 2.73 bits per heavy atom. The maximum absolute atomic E-state index is 11.8. The Morgan fingerprint density at radius 2 is 2.03 bits per heavy atom. The molecule has 0 saturated carbocycles. The lowest BCUT2D eigenvalue weighted by Gasteiger charge is -2.31. The van der Waals surface area contributed by atoms with Gasteiger partial charge in [0.25, 0.3) is 0 Å². The van der Waals surface area contributed by atoms with Gasteiger partial charge in [0.15, 0.2) is 11.5 Å². The zero-order chi connectivity index (χ0) is 23.4. The van der Waals surface area contributed by atoms with E-state index in [1.54, 1.807) is 12.0 Å². The highest BCUT2D eigenvalue weighted by atomic mass is 35.5. The maximum Gasteiger partial charge on any atom is 0.245 e. The molecule has 2 aromatic carbocycles. The van der Waals surface area contributed by atoms with Crippen molar-refractivity contribution >= 4 is 34.2 Å². The molecule has 33 heavy (non-hydrogen) atoms. The minimum Gasteiger partial charge on any atom is -0.493 e. The standard InChI is InChI=1S/C25H27ClN4O3/c1-4-24(31)30-9-7-18(8-10-30)33-23-12-19-21(13-22(23)32-3)28-15-29-25(19)27-14-17-6-5-16(2)11-20(17)26/h4-6,11-13,15,18H,1,7-10,14H2,2-3H3,(H,27,28,29). The molecule has 1 aliphatic rings. The number of aryl methyl sites for hydroxylation is 1. The summed E-state index contributed by atoms with van der Waals surface area (Å²) in [6.07, 6.45) is 4.34. The van der Waals surface area contributed by atoms with E-state index in [9.17, 15) is 4.79 Å². The highest BCUT2D eigenvalue weighted by Gasteiger charge is 2.24. The third-order valence-corrected chi connectivity index (χ3v) is 6.15. The molecule has 1 saturated heterocycles. The number of likely N-dealkylation sites (tertiary alicyclic amines) is 1. The number of amides is 1. The van der Waals surface area contributed by atoms with Gasteiger partial charge in [0.1, 0.15) is 18.2 Å². The number of aromatic nitrogens is 2. The summed E-state index contributed by atoms with van der Waals surface area (Å²) < 4.78 is 11.9. The van der Waals surface area contributed by atoms with Crippen molar-refractivity contribution in [3.63, 3.8) is 0 Å². The van der Waals surface area contributed by atoms with E-state index in [0.717, 1.165) is 34.9 Å². The molecule has 0 bridgehead atoms. The molecule has 1 fully saturated rings. The van der Waals surface area contributed by atoms with Gasteiger partial charge < -0.3 is 19.7 Å². The highest BCUT2D eigenvalue weighted by Crippen LogP contribution is 2.35. The van der Waals surface area contributed by atoms with Crippen LogP contribution in [0.5, 0.6) is 11.5 Å². The van der Waals surface area contributed by atoms with Gasteiger partial charge >= 0.3 is 0 Å². The molecular formula is C25H27ClN4O3. The number of anilines is 1. The van der Waals surface area contributed by atoms with Gasteiger partial charge in [0.2, 0.25) is 5.91 Å². The fourth-order valence-electron chi connectivity index (χ4n) is 3.93. The summed E-state index contributed by atoms with van der Waals surface area (Å²) in [7, 11) is 1.61. The molecule has 8 heteroatoms. The number of carbonyl (C=O) groups excluding carboxylic acids is 1. The largest absolute Gasteiger partial charge is 0.493 e. The van der Waals surface area contributed by atoms with Crippen molar-refractivity contribution in [1.82, 2.24) is 14.9 Å². The Balaban J connectivity index is 1.55. The number of ether oxygens (including phenoxy) is 2. The van der Waals surface area contributed by atoms with E-state index in [2.05, 4.69) is 21.9 Å². The van der Waals surface area contributed by atoms with E-state index >= 15 is 0 Å². The van der Waals surface area contributed by atoms with Crippen LogP contribution in [0.1, 0.15) is 24.0 Å². The molecule has 172 valence electrons. The van der Waals surface area contributed by atoms with E-state index < -0.39 is 0 Å². The summed E-state index contributed by atoms with van der Waals surface area (Å²) in [5, 5.41) is 4.92. The van der Waals surface area contributed by atoms with Crippen molar-refractivity contribution in [2.24, 2.45) is 0 Å². The topological polar surface area (TPSA) is 76.6 Å². The van der Waals surface area contributed by atoms with Gasteiger partial charge in [0, 0.05) is 49.0 Å². The number of hydrogen-bond donors (Lipinski definition) is 1. The number of hydrogen-bond acceptors (Lipinski definition) is 6. The molecule has 0 radical (unpaired) electrons. The lowest BCUT2D eigenvalue weighted by Crippen LogP contribution is -2.41. The number of nitrogens with one attached hydrogen (secondary N) is 1. The quantitative estimate of drug-likeness (QED) is 0.505. The van der Waals surface area contributed by atoms with E-state index in [4.69, 9.17) is 21.1 Å². The summed E-state index contributed by atoms with van der Waals surface area (Å²) in [4.78, 5) is 22.5. The number of methoxy groups -OCH3 is 1. The average Bonchev–Trinajstić information content (AvgIpc) is 2.83. The molecular weight excluding hydrogens is 440 g/mol. The third kappa shape index (κ3) is 5.20. The Labute approximate surface area is 198 Å². The second-order valence-corrected chi connectivity index (χ2v) is 8.44. The van der Waals surface area contributed by atoms with Gasteiger partial charge in [-0.1, -0.05) is 30.3 Å². The first-order valence-corrected chi connectivity index (χ1v) is 11.3.